The summed E-state index contributed by atoms with van der Waals surface area (Å²) in [5, 5.41) is 6.69. The van der Waals surface area contributed by atoms with Crippen LogP contribution >= 0.6 is 23.2 Å². The number of rotatable bonds is 9. The summed E-state index contributed by atoms with van der Waals surface area (Å²) < 4.78 is 11.2. The molecule has 0 saturated heterocycles. The van der Waals surface area contributed by atoms with Crippen molar-refractivity contribution in [2.75, 3.05) is 30.4 Å². The molecule has 0 atom stereocenters. The highest BCUT2D eigenvalue weighted by Crippen LogP contribution is 2.25. The van der Waals surface area contributed by atoms with Crippen LogP contribution in [-0.4, -0.2) is 25.7 Å². The lowest BCUT2D eigenvalue weighted by molar-refractivity contribution is -0.114. The number of nitrogens with one attached hydrogen (secondary N) is 2. The molecular weight excluding hydrogens is 411 g/mol. The van der Waals surface area contributed by atoms with Gasteiger partial charge in [-0.25, -0.2) is 0 Å². The van der Waals surface area contributed by atoms with Crippen molar-refractivity contribution in [2.24, 2.45) is 0 Å². The second-order valence-electron chi connectivity index (χ2n) is 6.06. The summed E-state index contributed by atoms with van der Waals surface area (Å²) in [4.78, 5) is 12.1. The van der Waals surface area contributed by atoms with Gasteiger partial charge in [0.25, 0.3) is 0 Å². The molecule has 7 heteroatoms. The van der Waals surface area contributed by atoms with E-state index >= 15 is 0 Å². The molecule has 0 aliphatic carbocycles. The molecule has 0 fully saturated rings. The molecule has 5 nitrogen and oxygen atoms in total. The van der Waals surface area contributed by atoms with Crippen LogP contribution in [0.15, 0.2) is 72.8 Å². The van der Waals surface area contributed by atoms with Gasteiger partial charge in [-0.3, -0.25) is 4.79 Å². The summed E-state index contributed by atoms with van der Waals surface area (Å²) in [6.45, 7) is 0.993. The van der Waals surface area contributed by atoms with Crippen molar-refractivity contribution in [3.63, 3.8) is 0 Å². The van der Waals surface area contributed by atoms with Gasteiger partial charge in [-0.2, -0.15) is 0 Å². The first-order chi connectivity index (χ1) is 14.1. The summed E-state index contributed by atoms with van der Waals surface area (Å²) in [7, 11) is 0. The van der Waals surface area contributed by atoms with Crippen LogP contribution in [0.2, 0.25) is 10.0 Å². The second-order valence-corrected chi connectivity index (χ2v) is 6.90. The van der Waals surface area contributed by atoms with Crippen LogP contribution in [0.3, 0.4) is 0 Å². The van der Waals surface area contributed by atoms with Crippen LogP contribution in [0.4, 0.5) is 11.4 Å². The molecule has 150 valence electrons. The highest BCUT2D eigenvalue weighted by atomic mass is 35.5. The number of halogens is 2. The highest BCUT2D eigenvalue weighted by molar-refractivity contribution is 6.36. The van der Waals surface area contributed by atoms with Crippen LogP contribution in [0.1, 0.15) is 0 Å². The van der Waals surface area contributed by atoms with Gasteiger partial charge in [-0.05, 0) is 54.6 Å². The van der Waals surface area contributed by atoms with E-state index in [1.165, 1.54) is 0 Å². The minimum Gasteiger partial charge on any atom is -0.490 e. The number of para-hydroxylation sites is 1. The fourth-order valence-corrected chi connectivity index (χ4v) is 2.93. The molecular formula is C22H20Cl2N2O3. The molecule has 0 unspecified atom stereocenters. The fourth-order valence-electron chi connectivity index (χ4n) is 2.47. The number of carbonyl (C=O) groups excluding carboxylic acids is 1. The van der Waals surface area contributed by atoms with Crippen LogP contribution in [-0.2, 0) is 4.79 Å². The molecule has 0 aliphatic heterocycles. The van der Waals surface area contributed by atoms with E-state index in [4.69, 9.17) is 32.7 Å². The Bertz CT molecular complexity index is 935. The Morgan fingerprint density at radius 3 is 2.14 bits per heavy atom. The Morgan fingerprint density at radius 2 is 1.48 bits per heavy atom. The minimum atomic E-state index is -0.215. The average molecular weight is 431 g/mol. The largest absolute Gasteiger partial charge is 0.490 e. The van der Waals surface area contributed by atoms with Gasteiger partial charge in [0, 0.05) is 10.7 Å². The third-order valence-electron chi connectivity index (χ3n) is 3.88. The lowest BCUT2D eigenvalue weighted by atomic mass is 10.3. The summed E-state index contributed by atoms with van der Waals surface area (Å²) in [6.07, 6.45) is 0. The van der Waals surface area contributed by atoms with Crippen molar-refractivity contribution < 1.29 is 14.3 Å². The number of hydrogen-bond acceptors (Lipinski definition) is 4. The molecule has 0 aromatic heterocycles. The zero-order valence-electron chi connectivity index (χ0n) is 15.5. The molecule has 0 saturated carbocycles. The molecule has 0 heterocycles. The Hall–Kier alpha value is -2.89. The molecule has 0 spiro atoms. The van der Waals surface area contributed by atoms with E-state index in [1.54, 1.807) is 18.2 Å². The zero-order valence-corrected chi connectivity index (χ0v) is 17.0. The monoisotopic (exact) mass is 430 g/mol. The van der Waals surface area contributed by atoms with Crippen molar-refractivity contribution in [1.82, 2.24) is 0 Å². The maximum Gasteiger partial charge on any atom is 0.243 e. The average Bonchev–Trinajstić information content (AvgIpc) is 2.73. The Morgan fingerprint density at radius 1 is 0.828 bits per heavy atom. The summed E-state index contributed by atoms with van der Waals surface area (Å²) in [5.74, 6) is 1.33. The van der Waals surface area contributed by atoms with Crippen molar-refractivity contribution in [3.05, 3.63) is 82.8 Å². The molecule has 2 N–H and O–H groups in total. The Labute approximate surface area is 179 Å². The highest BCUT2D eigenvalue weighted by Gasteiger charge is 2.06. The Balaban J connectivity index is 1.39. The van der Waals surface area contributed by atoms with Gasteiger partial charge in [-0.1, -0.05) is 41.4 Å². The van der Waals surface area contributed by atoms with Crippen molar-refractivity contribution in [1.29, 1.82) is 0 Å². The molecule has 3 aromatic carbocycles. The molecule has 29 heavy (non-hydrogen) atoms. The number of benzene rings is 3. The molecule has 0 bridgehead atoms. The van der Waals surface area contributed by atoms with Crippen molar-refractivity contribution >= 4 is 40.5 Å². The first-order valence-corrected chi connectivity index (χ1v) is 9.75. The lowest BCUT2D eigenvalue weighted by Crippen LogP contribution is -2.21. The van der Waals surface area contributed by atoms with Gasteiger partial charge in [0.15, 0.2) is 0 Å². The van der Waals surface area contributed by atoms with Gasteiger partial charge in [0.1, 0.15) is 24.7 Å². The van der Waals surface area contributed by atoms with Gasteiger partial charge >= 0.3 is 0 Å². The maximum absolute atomic E-state index is 12.1. The summed E-state index contributed by atoms with van der Waals surface area (Å²) >= 11 is 11.9. The van der Waals surface area contributed by atoms with E-state index in [0.29, 0.717) is 28.9 Å². The van der Waals surface area contributed by atoms with E-state index < -0.39 is 0 Å². The number of ether oxygens (including phenoxy) is 2. The van der Waals surface area contributed by atoms with E-state index in [1.807, 2.05) is 54.6 Å². The minimum absolute atomic E-state index is 0.101. The number of anilines is 2. The molecule has 0 aliphatic rings. The maximum atomic E-state index is 12.1. The number of carbonyl (C=O) groups is 1. The van der Waals surface area contributed by atoms with Gasteiger partial charge in [-0.15, -0.1) is 0 Å². The smallest absolute Gasteiger partial charge is 0.243 e. The predicted octanol–water partition coefficient (Wildman–Crippen LogP) is 5.50. The normalized spacial score (nSPS) is 10.3. The first-order valence-electron chi connectivity index (χ1n) is 8.99. The van der Waals surface area contributed by atoms with E-state index in [9.17, 15) is 4.79 Å². The molecule has 1 amide bonds. The molecule has 3 aromatic rings. The first kappa shape index (κ1) is 20.8. The quantitative estimate of drug-likeness (QED) is 0.439. The SMILES string of the molecule is O=C(CNc1ccc(OCCOc2ccccc2)cc1)Nc1ccc(Cl)cc1Cl. The fraction of sp³-hybridized carbons (Fsp3) is 0.136. The van der Waals surface area contributed by atoms with Crippen molar-refractivity contribution in [3.8, 4) is 11.5 Å². The third kappa shape index (κ3) is 6.89. The van der Waals surface area contributed by atoms with E-state index in [-0.39, 0.29) is 12.5 Å². The molecule has 0 radical (unpaired) electrons. The summed E-state index contributed by atoms with van der Waals surface area (Å²) in [6, 6.07) is 21.8. The molecule has 3 rings (SSSR count). The van der Waals surface area contributed by atoms with Gasteiger partial charge in [0.2, 0.25) is 5.91 Å². The van der Waals surface area contributed by atoms with Crippen LogP contribution in [0.25, 0.3) is 0 Å². The second kappa shape index (κ2) is 10.6. The zero-order chi connectivity index (χ0) is 20.5. The standard InChI is InChI=1S/C22H20Cl2N2O3/c23-16-6-11-21(20(24)14-16)26-22(27)15-25-17-7-9-19(10-8-17)29-13-12-28-18-4-2-1-3-5-18/h1-11,14,25H,12-13,15H2,(H,26,27). The van der Waals surface area contributed by atoms with Gasteiger partial charge in [0.05, 0.1) is 17.3 Å². The van der Waals surface area contributed by atoms with Crippen LogP contribution in [0.5, 0.6) is 11.5 Å². The van der Waals surface area contributed by atoms with Crippen LogP contribution in [0, 0.1) is 0 Å². The lowest BCUT2D eigenvalue weighted by Gasteiger charge is -2.11. The number of amides is 1. The topological polar surface area (TPSA) is 59.6 Å². The van der Waals surface area contributed by atoms with Crippen molar-refractivity contribution in [2.45, 2.75) is 0 Å². The predicted molar refractivity (Wildman–Crippen MR) is 117 cm³/mol. The van der Waals surface area contributed by atoms with E-state index in [2.05, 4.69) is 10.6 Å². The van der Waals surface area contributed by atoms with Gasteiger partial charge < -0.3 is 20.1 Å². The Kier molecular flexibility index (Phi) is 7.61. The number of hydrogen-bond donors (Lipinski definition) is 2. The van der Waals surface area contributed by atoms with E-state index in [0.717, 1.165) is 17.2 Å². The van der Waals surface area contributed by atoms with Crippen LogP contribution < -0.4 is 20.1 Å². The third-order valence-corrected chi connectivity index (χ3v) is 4.42. The summed E-state index contributed by atoms with van der Waals surface area (Å²) in [5.41, 5.74) is 1.32.